The van der Waals surface area contributed by atoms with Crippen LogP contribution in [-0.4, -0.2) is 41.2 Å². The smallest absolute Gasteiger partial charge is 0.253 e. The van der Waals surface area contributed by atoms with Crippen LogP contribution >= 0.6 is 0 Å². The Kier molecular flexibility index (Phi) is 5.21. The number of aliphatic hydroxyl groups is 1. The third-order valence-corrected chi connectivity index (χ3v) is 5.19. The van der Waals surface area contributed by atoms with E-state index in [9.17, 15) is 9.90 Å². The fraction of sp³-hybridized carbons (Fsp3) is 0.632. The lowest BCUT2D eigenvalue weighted by Gasteiger charge is -2.33. The number of carbonyl (C=O) groups excluding carboxylic acids is 1. The zero-order valence-electron chi connectivity index (χ0n) is 13.9. The van der Waals surface area contributed by atoms with E-state index >= 15 is 0 Å². The summed E-state index contributed by atoms with van der Waals surface area (Å²) < 4.78 is 6.00. The first kappa shape index (κ1) is 16.3. The molecule has 2 aliphatic rings. The van der Waals surface area contributed by atoms with Gasteiger partial charge in [-0.3, -0.25) is 4.79 Å². The van der Waals surface area contributed by atoms with E-state index in [0.717, 1.165) is 44.5 Å². The van der Waals surface area contributed by atoms with Crippen molar-refractivity contribution >= 4 is 5.91 Å². The van der Waals surface area contributed by atoms with Crippen molar-refractivity contribution in [2.45, 2.75) is 57.7 Å². The summed E-state index contributed by atoms with van der Waals surface area (Å²) in [6.45, 7) is 3.29. The van der Waals surface area contributed by atoms with E-state index in [2.05, 4.69) is 0 Å². The highest BCUT2D eigenvalue weighted by Crippen LogP contribution is 2.26. The number of piperidine rings is 1. The number of amides is 1. The summed E-state index contributed by atoms with van der Waals surface area (Å²) in [5.41, 5.74) is 0.705. The zero-order chi connectivity index (χ0) is 16.2. The number of likely N-dealkylation sites (tertiary alicyclic amines) is 1. The van der Waals surface area contributed by atoms with Gasteiger partial charge in [0.25, 0.3) is 5.91 Å². The molecular weight excluding hydrogens is 290 g/mol. The third-order valence-electron chi connectivity index (χ3n) is 5.19. The maximum Gasteiger partial charge on any atom is 0.253 e. The van der Waals surface area contributed by atoms with Gasteiger partial charge in [0.2, 0.25) is 0 Å². The fourth-order valence-electron chi connectivity index (χ4n) is 3.67. The molecule has 1 heterocycles. The van der Waals surface area contributed by atoms with E-state index < -0.39 is 0 Å². The van der Waals surface area contributed by atoms with Crippen molar-refractivity contribution in [2.24, 2.45) is 5.92 Å². The van der Waals surface area contributed by atoms with Crippen LogP contribution < -0.4 is 4.74 Å². The molecule has 2 fully saturated rings. The van der Waals surface area contributed by atoms with Crippen LogP contribution in [-0.2, 0) is 0 Å². The predicted molar refractivity (Wildman–Crippen MR) is 89.6 cm³/mol. The van der Waals surface area contributed by atoms with Gasteiger partial charge in [-0.05, 0) is 69.6 Å². The summed E-state index contributed by atoms with van der Waals surface area (Å²) in [7, 11) is 0. The topological polar surface area (TPSA) is 49.8 Å². The number of ether oxygens (including phenoxy) is 1. The molecule has 1 atom stereocenters. The zero-order valence-corrected chi connectivity index (χ0v) is 13.9. The number of carbonyl (C=O) groups is 1. The molecule has 1 amide bonds. The lowest BCUT2D eigenvalue weighted by molar-refractivity contribution is 0.0521. The Bertz CT molecular complexity index is 529. The third kappa shape index (κ3) is 4.05. The SMILES string of the molecule is CC(O)C1CCN(C(=O)c2cccc(OC3CCCC3)c2)CC1. The summed E-state index contributed by atoms with van der Waals surface area (Å²) in [5.74, 6) is 1.20. The average molecular weight is 317 g/mol. The molecular formula is C19H27NO3. The Labute approximate surface area is 138 Å². The van der Waals surface area contributed by atoms with Crippen LogP contribution in [0.3, 0.4) is 0 Å². The van der Waals surface area contributed by atoms with E-state index in [1.54, 1.807) is 0 Å². The van der Waals surface area contributed by atoms with E-state index in [1.165, 1.54) is 12.8 Å². The van der Waals surface area contributed by atoms with Gasteiger partial charge in [0.15, 0.2) is 0 Å². The second-order valence-corrected chi connectivity index (χ2v) is 6.92. The molecule has 1 N–H and O–H groups in total. The van der Waals surface area contributed by atoms with Crippen molar-refractivity contribution in [1.29, 1.82) is 0 Å². The second-order valence-electron chi connectivity index (χ2n) is 6.92. The minimum atomic E-state index is -0.282. The van der Waals surface area contributed by atoms with E-state index in [4.69, 9.17) is 4.74 Å². The highest BCUT2D eigenvalue weighted by molar-refractivity contribution is 5.94. The minimum Gasteiger partial charge on any atom is -0.490 e. The molecule has 0 aromatic heterocycles. The van der Waals surface area contributed by atoms with Gasteiger partial charge in [-0.2, -0.15) is 0 Å². The van der Waals surface area contributed by atoms with Crippen LogP contribution in [0.5, 0.6) is 5.75 Å². The maximum atomic E-state index is 12.7. The van der Waals surface area contributed by atoms with Gasteiger partial charge in [-0.15, -0.1) is 0 Å². The first-order valence-electron chi connectivity index (χ1n) is 8.87. The molecule has 126 valence electrons. The quantitative estimate of drug-likeness (QED) is 0.927. The number of nitrogens with zero attached hydrogens (tertiary/aromatic N) is 1. The van der Waals surface area contributed by atoms with Crippen LogP contribution in [0.4, 0.5) is 0 Å². The van der Waals surface area contributed by atoms with E-state index in [0.29, 0.717) is 17.6 Å². The molecule has 23 heavy (non-hydrogen) atoms. The molecule has 1 aliphatic carbocycles. The van der Waals surface area contributed by atoms with Crippen molar-refractivity contribution in [1.82, 2.24) is 4.90 Å². The first-order chi connectivity index (χ1) is 11.1. The molecule has 4 nitrogen and oxygen atoms in total. The Morgan fingerprint density at radius 2 is 1.91 bits per heavy atom. The number of benzene rings is 1. The number of aliphatic hydroxyl groups excluding tert-OH is 1. The lowest BCUT2D eigenvalue weighted by atomic mass is 9.92. The van der Waals surface area contributed by atoms with Crippen LogP contribution in [0.1, 0.15) is 55.8 Å². The number of hydrogen-bond donors (Lipinski definition) is 1. The van der Waals surface area contributed by atoms with Crippen LogP contribution in [0.15, 0.2) is 24.3 Å². The fourth-order valence-corrected chi connectivity index (χ4v) is 3.67. The summed E-state index contributed by atoms with van der Waals surface area (Å²) in [6.07, 6.45) is 6.49. The predicted octanol–water partition coefficient (Wildman–Crippen LogP) is 3.24. The molecule has 0 radical (unpaired) electrons. The van der Waals surface area contributed by atoms with Crippen LogP contribution in [0, 0.1) is 5.92 Å². The van der Waals surface area contributed by atoms with Crippen LogP contribution in [0.2, 0.25) is 0 Å². The van der Waals surface area contributed by atoms with Crippen molar-refractivity contribution in [3.05, 3.63) is 29.8 Å². The van der Waals surface area contributed by atoms with Gasteiger partial charge >= 0.3 is 0 Å². The van der Waals surface area contributed by atoms with E-state index in [1.807, 2.05) is 36.1 Å². The van der Waals surface area contributed by atoms with Crippen molar-refractivity contribution in [2.75, 3.05) is 13.1 Å². The molecule has 1 aromatic carbocycles. The van der Waals surface area contributed by atoms with Crippen molar-refractivity contribution in [3.8, 4) is 5.75 Å². The Morgan fingerprint density at radius 3 is 2.57 bits per heavy atom. The summed E-state index contributed by atoms with van der Waals surface area (Å²) in [5, 5.41) is 9.67. The molecule has 4 heteroatoms. The second kappa shape index (κ2) is 7.35. The van der Waals surface area contributed by atoms with Crippen LogP contribution in [0.25, 0.3) is 0 Å². The van der Waals surface area contributed by atoms with Gasteiger partial charge in [0.05, 0.1) is 12.2 Å². The van der Waals surface area contributed by atoms with Gasteiger partial charge in [0.1, 0.15) is 5.75 Å². The van der Waals surface area contributed by atoms with E-state index in [-0.39, 0.29) is 12.0 Å². The first-order valence-corrected chi connectivity index (χ1v) is 8.87. The standard InChI is InChI=1S/C19H27NO3/c1-14(21)15-9-11-20(12-10-15)19(22)16-5-4-8-18(13-16)23-17-6-2-3-7-17/h4-5,8,13-15,17,21H,2-3,6-7,9-12H2,1H3. The lowest BCUT2D eigenvalue weighted by Crippen LogP contribution is -2.40. The van der Waals surface area contributed by atoms with Gasteiger partial charge in [0, 0.05) is 18.7 Å². The summed E-state index contributed by atoms with van der Waals surface area (Å²) >= 11 is 0. The normalized spacial score (nSPS) is 21.4. The Balaban J connectivity index is 1.61. The largest absolute Gasteiger partial charge is 0.490 e. The minimum absolute atomic E-state index is 0.0749. The molecule has 1 aromatic rings. The Hall–Kier alpha value is -1.55. The molecule has 0 bridgehead atoms. The maximum absolute atomic E-state index is 12.7. The Morgan fingerprint density at radius 1 is 1.22 bits per heavy atom. The highest BCUT2D eigenvalue weighted by atomic mass is 16.5. The number of rotatable bonds is 4. The summed E-state index contributed by atoms with van der Waals surface area (Å²) in [4.78, 5) is 14.6. The van der Waals surface area contributed by atoms with Gasteiger partial charge in [-0.25, -0.2) is 0 Å². The molecule has 3 rings (SSSR count). The highest BCUT2D eigenvalue weighted by Gasteiger charge is 2.26. The number of hydrogen-bond acceptors (Lipinski definition) is 3. The molecule has 1 saturated carbocycles. The summed E-state index contributed by atoms with van der Waals surface area (Å²) in [6, 6.07) is 7.58. The monoisotopic (exact) mass is 317 g/mol. The molecule has 1 saturated heterocycles. The van der Waals surface area contributed by atoms with Gasteiger partial charge in [-0.1, -0.05) is 6.07 Å². The van der Waals surface area contributed by atoms with Gasteiger partial charge < -0.3 is 14.7 Å². The molecule has 1 unspecified atom stereocenters. The van der Waals surface area contributed by atoms with Crippen molar-refractivity contribution in [3.63, 3.8) is 0 Å². The molecule has 1 aliphatic heterocycles. The average Bonchev–Trinajstić information content (AvgIpc) is 3.07. The van der Waals surface area contributed by atoms with Crippen molar-refractivity contribution < 1.29 is 14.6 Å². The molecule has 0 spiro atoms.